The Kier molecular flexibility index (Phi) is 6.90. The van der Waals surface area contributed by atoms with Crippen LogP contribution in [0.4, 0.5) is 5.69 Å². The third kappa shape index (κ3) is 5.11. The van der Waals surface area contributed by atoms with Crippen molar-refractivity contribution in [2.75, 3.05) is 63.9 Å². The van der Waals surface area contributed by atoms with Crippen LogP contribution < -0.4 is 4.90 Å². The van der Waals surface area contributed by atoms with Gasteiger partial charge in [0.25, 0.3) is 0 Å². The van der Waals surface area contributed by atoms with E-state index in [4.69, 9.17) is 5.26 Å². The Morgan fingerprint density at radius 1 is 0.946 bits per heavy atom. The summed E-state index contributed by atoms with van der Waals surface area (Å²) in [5.41, 5.74) is 6.39. The molecule has 0 N–H and O–H groups in total. The molecule has 5 heterocycles. The minimum Gasteiger partial charge on any atom is -0.367 e. The van der Waals surface area contributed by atoms with E-state index in [0.29, 0.717) is 12.0 Å². The minimum absolute atomic E-state index is 0.230. The fourth-order valence-corrected chi connectivity index (χ4v) is 6.30. The number of nitrogens with zero attached hydrogens (tertiary/aromatic N) is 7. The van der Waals surface area contributed by atoms with Crippen LogP contribution in [-0.2, 0) is 0 Å². The van der Waals surface area contributed by atoms with E-state index in [1.165, 1.54) is 53.8 Å². The fraction of sp³-hybridized carbons (Fsp3) is 0.533. The van der Waals surface area contributed by atoms with E-state index in [9.17, 15) is 0 Å². The average Bonchev–Trinajstić information content (AvgIpc) is 3.36. The van der Waals surface area contributed by atoms with E-state index >= 15 is 0 Å². The lowest BCUT2D eigenvalue weighted by Crippen LogP contribution is -2.55. The van der Waals surface area contributed by atoms with Crippen molar-refractivity contribution in [2.24, 2.45) is 5.92 Å². The molecular weight excluding hydrogens is 458 g/mol. The first-order chi connectivity index (χ1) is 18.1. The van der Waals surface area contributed by atoms with Crippen LogP contribution in [0.2, 0.25) is 0 Å². The van der Waals surface area contributed by atoms with Crippen molar-refractivity contribution in [3.05, 3.63) is 54.4 Å². The van der Waals surface area contributed by atoms with Gasteiger partial charge in [-0.25, -0.2) is 4.52 Å². The Morgan fingerprint density at radius 2 is 1.73 bits per heavy atom. The van der Waals surface area contributed by atoms with Gasteiger partial charge in [-0.2, -0.15) is 10.4 Å². The molecule has 0 aliphatic carbocycles. The summed E-state index contributed by atoms with van der Waals surface area (Å²) in [5.74, 6) is 0.868. The first-order valence-electron chi connectivity index (χ1n) is 14.0. The smallest absolute Gasteiger partial charge is 0.0886 e. The van der Waals surface area contributed by atoms with Crippen molar-refractivity contribution in [1.82, 2.24) is 24.3 Å². The monoisotopic (exact) mass is 497 g/mol. The Hall–Kier alpha value is -2.92. The zero-order valence-corrected chi connectivity index (χ0v) is 22.3. The van der Waals surface area contributed by atoms with E-state index < -0.39 is 0 Å². The Labute approximate surface area is 220 Å². The summed E-state index contributed by atoms with van der Waals surface area (Å²) in [5, 5.41) is 13.6. The van der Waals surface area contributed by atoms with Crippen LogP contribution >= 0.6 is 0 Å². The number of hydrogen-bond acceptors (Lipinski definition) is 6. The molecule has 3 saturated heterocycles. The molecule has 6 rings (SSSR count). The van der Waals surface area contributed by atoms with Gasteiger partial charge < -0.3 is 9.80 Å². The maximum Gasteiger partial charge on any atom is 0.0886 e. The molecule has 3 aliphatic heterocycles. The van der Waals surface area contributed by atoms with Crippen molar-refractivity contribution < 1.29 is 0 Å². The predicted octanol–water partition coefficient (Wildman–Crippen LogP) is 4.12. The number of piperidine rings is 1. The second kappa shape index (κ2) is 10.4. The van der Waals surface area contributed by atoms with Crippen molar-refractivity contribution >= 4 is 11.2 Å². The first kappa shape index (κ1) is 24.4. The summed E-state index contributed by atoms with van der Waals surface area (Å²) in [6.45, 7) is 14.0. The minimum atomic E-state index is 0.230. The van der Waals surface area contributed by atoms with E-state index in [1.807, 2.05) is 10.7 Å². The molecule has 3 aliphatic rings. The molecule has 0 saturated carbocycles. The zero-order valence-electron chi connectivity index (χ0n) is 22.3. The Balaban J connectivity index is 1.13. The van der Waals surface area contributed by atoms with Gasteiger partial charge in [0.2, 0.25) is 0 Å². The Morgan fingerprint density at radius 3 is 2.46 bits per heavy atom. The molecule has 2 aromatic heterocycles. The summed E-state index contributed by atoms with van der Waals surface area (Å²) in [6.07, 6.45) is 6.67. The average molecular weight is 498 g/mol. The van der Waals surface area contributed by atoms with Crippen molar-refractivity contribution in [3.8, 4) is 17.2 Å². The molecule has 194 valence electrons. The predicted molar refractivity (Wildman–Crippen MR) is 149 cm³/mol. The highest BCUT2D eigenvalue weighted by Crippen LogP contribution is 2.32. The maximum atomic E-state index is 9.02. The van der Waals surface area contributed by atoms with Gasteiger partial charge in [0.1, 0.15) is 0 Å². The van der Waals surface area contributed by atoms with E-state index in [0.717, 1.165) is 45.9 Å². The van der Waals surface area contributed by atoms with Crippen LogP contribution in [0.15, 0.2) is 48.8 Å². The molecular formula is C30H39N7. The zero-order chi connectivity index (χ0) is 25.4. The van der Waals surface area contributed by atoms with Gasteiger partial charge in [0.05, 0.1) is 29.9 Å². The summed E-state index contributed by atoms with van der Waals surface area (Å²) in [7, 11) is 0. The van der Waals surface area contributed by atoms with Crippen LogP contribution in [-0.4, -0.2) is 89.4 Å². The lowest BCUT2D eigenvalue weighted by atomic mass is 9.89. The van der Waals surface area contributed by atoms with Crippen LogP contribution in [0.3, 0.4) is 0 Å². The summed E-state index contributed by atoms with van der Waals surface area (Å²) in [4.78, 5) is 10.0. The fourth-order valence-electron chi connectivity index (χ4n) is 6.30. The highest BCUT2D eigenvalue weighted by atomic mass is 15.4. The van der Waals surface area contributed by atoms with Crippen LogP contribution in [0.5, 0.6) is 0 Å². The second-order valence-corrected chi connectivity index (χ2v) is 11.4. The third-order valence-corrected chi connectivity index (χ3v) is 8.64. The van der Waals surface area contributed by atoms with Crippen molar-refractivity contribution in [3.63, 3.8) is 0 Å². The quantitative estimate of drug-likeness (QED) is 0.511. The van der Waals surface area contributed by atoms with Gasteiger partial charge in [0.15, 0.2) is 0 Å². The second-order valence-electron chi connectivity index (χ2n) is 11.4. The molecule has 7 heteroatoms. The molecule has 0 spiro atoms. The van der Waals surface area contributed by atoms with Gasteiger partial charge >= 0.3 is 0 Å². The molecule has 0 bridgehead atoms. The van der Waals surface area contributed by atoms with Gasteiger partial charge in [-0.15, -0.1) is 0 Å². The highest BCUT2D eigenvalue weighted by Gasteiger charge is 2.29. The number of benzene rings is 1. The first-order valence-corrected chi connectivity index (χ1v) is 14.0. The lowest BCUT2D eigenvalue weighted by Gasteiger charge is -2.42. The topological polar surface area (TPSA) is 54.0 Å². The van der Waals surface area contributed by atoms with E-state index in [1.54, 1.807) is 0 Å². The van der Waals surface area contributed by atoms with Crippen molar-refractivity contribution in [1.29, 1.82) is 5.26 Å². The van der Waals surface area contributed by atoms with E-state index in [-0.39, 0.29) is 5.92 Å². The molecule has 3 aromatic rings. The molecule has 1 atom stereocenters. The van der Waals surface area contributed by atoms with Gasteiger partial charge in [-0.3, -0.25) is 9.80 Å². The van der Waals surface area contributed by atoms with Crippen LogP contribution in [0.1, 0.15) is 38.2 Å². The molecule has 0 radical (unpaired) electrons. The maximum absolute atomic E-state index is 9.02. The molecule has 1 unspecified atom stereocenters. The van der Waals surface area contributed by atoms with E-state index in [2.05, 4.69) is 87.2 Å². The lowest BCUT2D eigenvalue weighted by molar-refractivity contribution is 0.0529. The van der Waals surface area contributed by atoms with Crippen LogP contribution in [0.25, 0.3) is 16.6 Å². The largest absolute Gasteiger partial charge is 0.367 e. The Bertz CT molecular complexity index is 1240. The van der Waals surface area contributed by atoms with Crippen molar-refractivity contribution in [2.45, 2.75) is 38.6 Å². The van der Waals surface area contributed by atoms with Gasteiger partial charge in [-0.1, -0.05) is 24.3 Å². The standard InChI is InChI=1S/C30H39N7/c1-23(2)36-11-3-4-27(20-36)25-5-7-26(8-6-25)28-16-30-29(9-10-32-37(30)21-28)35-14-12-33(13-15-35)22-34-18-24(17-31)19-34/h5-10,16,21,23-24,27H,3-4,11-15,18-20,22H2,1-2H3. The number of nitriles is 1. The number of aromatic nitrogens is 2. The molecule has 37 heavy (non-hydrogen) atoms. The number of likely N-dealkylation sites (tertiary alicyclic amines) is 2. The number of fused-ring (bicyclic) bond motifs is 1. The third-order valence-electron chi connectivity index (χ3n) is 8.64. The molecule has 0 amide bonds. The molecule has 7 nitrogen and oxygen atoms in total. The molecule has 1 aromatic carbocycles. The molecule has 3 fully saturated rings. The summed E-state index contributed by atoms with van der Waals surface area (Å²) < 4.78 is 2.04. The number of rotatable bonds is 6. The number of hydrogen-bond donors (Lipinski definition) is 0. The highest BCUT2D eigenvalue weighted by molar-refractivity contribution is 5.80. The van der Waals surface area contributed by atoms with Crippen LogP contribution in [0, 0.1) is 17.2 Å². The summed E-state index contributed by atoms with van der Waals surface area (Å²) >= 11 is 0. The summed E-state index contributed by atoms with van der Waals surface area (Å²) in [6, 6.07) is 16.7. The normalized spacial score (nSPS) is 22.4. The SMILES string of the molecule is CC(C)N1CCCC(c2ccc(-c3cc4c(N5CCN(CN6CC(C#N)C6)CC5)ccnn4c3)cc2)C1. The van der Waals surface area contributed by atoms with Gasteiger partial charge in [0, 0.05) is 69.8 Å². The number of piperazine rings is 1. The number of anilines is 1. The van der Waals surface area contributed by atoms with Gasteiger partial charge in [-0.05, 0) is 62.4 Å².